The lowest BCUT2D eigenvalue weighted by Crippen LogP contribution is -2.07. The van der Waals surface area contributed by atoms with Crippen molar-refractivity contribution in [2.75, 3.05) is 5.73 Å². The summed E-state index contributed by atoms with van der Waals surface area (Å²) in [5.41, 5.74) is 5.45. The van der Waals surface area contributed by atoms with Gasteiger partial charge in [0.05, 0.1) is 11.8 Å². The summed E-state index contributed by atoms with van der Waals surface area (Å²) in [4.78, 5) is 0. The van der Waals surface area contributed by atoms with Crippen LogP contribution < -0.4 is 5.73 Å². The van der Waals surface area contributed by atoms with Crippen molar-refractivity contribution in [2.45, 2.75) is 13.1 Å². The Morgan fingerprint density at radius 2 is 2.00 bits per heavy atom. The Hall–Kier alpha value is -1.98. The van der Waals surface area contributed by atoms with Crippen LogP contribution >= 0.6 is 0 Å². The minimum absolute atomic E-state index is 0.149. The highest BCUT2D eigenvalue weighted by Gasteiger charge is 2.32. The van der Waals surface area contributed by atoms with Gasteiger partial charge in [0.15, 0.2) is 5.76 Å². The number of anilines is 1. The van der Waals surface area contributed by atoms with E-state index in [1.165, 1.54) is 25.3 Å². The molecule has 0 spiro atoms. The summed E-state index contributed by atoms with van der Waals surface area (Å²) < 4.78 is 42.9. The number of rotatable bonds is 1. The first kappa shape index (κ1) is 11.5. The zero-order chi connectivity index (χ0) is 12.6. The molecular weight excluding hydrogens is 233 g/mol. The van der Waals surface area contributed by atoms with Crippen molar-refractivity contribution in [3.05, 3.63) is 35.5 Å². The fourth-order valence-electron chi connectivity index (χ4n) is 1.54. The van der Waals surface area contributed by atoms with Crippen LogP contribution in [0.15, 0.2) is 28.9 Å². The highest BCUT2D eigenvalue weighted by atomic mass is 19.4. The van der Waals surface area contributed by atoms with Crippen LogP contribution in [0.3, 0.4) is 0 Å². The number of nitrogens with two attached hydrogens (primary N) is 1. The van der Waals surface area contributed by atoms with Gasteiger partial charge in [0.2, 0.25) is 0 Å². The van der Waals surface area contributed by atoms with Crippen LogP contribution in [0.2, 0.25) is 0 Å². The van der Waals surface area contributed by atoms with Crippen molar-refractivity contribution < 1.29 is 17.7 Å². The van der Waals surface area contributed by atoms with Gasteiger partial charge in [-0.05, 0) is 18.6 Å². The molecule has 0 unspecified atom stereocenters. The summed E-state index contributed by atoms with van der Waals surface area (Å²) in [6.45, 7) is 1.40. The average Bonchev–Trinajstić information content (AvgIpc) is 2.63. The summed E-state index contributed by atoms with van der Waals surface area (Å²) in [6.07, 6.45) is -3.14. The summed E-state index contributed by atoms with van der Waals surface area (Å²) in [5.74, 6) is 0.149. The van der Waals surface area contributed by atoms with Gasteiger partial charge in [-0.15, -0.1) is 0 Å². The molecule has 0 fully saturated rings. The van der Waals surface area contributed by atoms with Crippen LogP contribution in [-0.2, 0) is 6.18 Å². The number of nitrogens with zero attached hydrogens (tertiary/aromatic N) is 1. The molecule has 0 saturated carbocycles. The van der Waals surface area contributed by atoms with Crippen molar-refractivity contribution in [1.29, 1.82) is 0 Å². The fourth-order valence-corrected chi connectivity index (χ4v) is 1.54. The highest BCUT2D eigenvalue weighted by molar-refractivity contribution is 5.70. The Balaban J connectivity index is 2.56. The minimum Gasteiger partial charge on any atom is -0.394 e. The van der Waals surface area contributed by atoms with E-state index in [0.29, 0.717) is 0 Å². The monoisotopic (exact) mass is 242 g/mol. The van der Waals surface area contributed by atoms with E-state index >= 15 is 0 Å². The first-order valence-corrected chi connectivity index (χ1v) is 4.78. The summed E-state index contributed by atoms with van der Waals surface area (Å²) in [5, 5.41) is 3.43. The molecule has 0 aliphatic carbocycles. The second-order valence-corrected chi connectivity index (χ2v) is 3.64. The van der Waals surface area contributed by atoms with E-state index in [2.05, 4.69) is 5.16 Å². The molecule has 90 valence electrons. The average molecular weight is 242 g/mol. The molecule has 1 aromatic carbocycles. The third kappa shape index (κ3) is 2.11. The van der Waals surface area contributed by atoms with E-state index in [1.54, 1.807) is 0 Å². The number of nitrogen functional groups attached to an aromatic ring is 1. The van der Waals surface area contributed by atoms with Crippen molar-refractivity contribution >= 4 is 5.69 Å². The maximum atomic E-state index is 12.7. The molecular formula is C11H9F3N2O. The molecule has 1 heterocycles. The standard InChI is InChI=1S/C11H9F3N2O/c1-6-2-3-7(4-8(6)11(12,13)14)10-9(15)5-16-17-10/h2-5H,15H2,1H3. The van der Waals surface area contributed by atoms with Gasteiger partial charge in [0.1, 0.15) is 5.69 Å². The van der Waals surface area contributed by atoms with Crippen molar-refractivity contribution in [1.82, 2.24) is 5.16 Å². The van der Waals surface area contributed by atoms with Gasteiger partial charge in [-0.3, -0.25) is 0 Å². The van der Waals surface area contributed by atoms with Crippen LogP contribution in [0.4, 0.5) is 18.9 Å². The minimum atomic E-state index is -4.39. The Morgan fingerprint density at radius 1 is 1.29 bits per heavy atom. The van der Waals surface area contributed by atoms with E-state index in [9.17, 15) is 13.2 Å². The van der Waals surface area contributed by atoms with Crippen LogP contribution in [0.25, 0.3) is 11.3 Å². The second-order valence-electron chi connectivity index (χ2n) is 3.64. The molecule has 0 saturated heterocycles. The highest BCUT2D eigenvalue weighted by Crippen LogP contribution is 2.35. The Bertz CT molecular complexity index is 546. The van der Waals surface area contributed by atoms with Crippen LogP contribution in [-0.4, -0.2) is 5.16 Å². The van der Waals surface area contributed by atoms with E-state index in [4.69, 9.17) is 10.3 Å². The molecule has 6 heteroatoms. The SMILES string of the molecule is Cc1ccc(-c2oncc2N)cc1C(F)(F)F. The smallest absolute Gasteiger partial charge is 0.394 e. The lowest BCUT2D eigenvalue weighted by molar-refractivity contribution is -0.138. The molecule has 0 atom stereocenters. The first-order valence-electron chi connectivity index (χ1n) is 4.78. The maximum absolute atomic E-state index is 12.7. The molecule has 0 aliphatic heterocycles. The lowest BCUT2D eigenvalue weighted by Gasteiger charge is -2.11. The zero-order valence-electron chi connectivity index (χ0n) is 8.88. The predicted molar refractivity (Wildman–Crippen MR) is 56.1 cm³/mol. The predicted octanol–water partition coefficient (Wildman–Crippen LogP) is 3.25. The van der Waals surface area contributed by atoms with Gasteiger partial charge in [0.25, 0.3) is 0 Å². The number of hydrogen-bond donors (Lipinski definition) is 1. The van der Waals surface area contributed by atoms with E-state index < -0.39 is 11.7 Å². The number of benzene rings is 1. The van der Waals surface area contributed by atoms with Crippen LogP contribution in [0.1, 0.15) is 11.1 Å². The van der Waals surface area contributed by atoms with Gasteiger partial charge in [-0.2, -0.15) is 13.2 Å². The number of aromatic nitrogens is 1. The van der Waals surface area contributed by atoms with Crippen molar-refractivity contribution in [3.63, 3.8) is 0 Å². The number of alkyl halides is 3. The van der Waals surface area contributed by atoms with Crippen LogP contribution in [0, 0.1) is 6.92 Å². The van der Waals surface area contributed by atoms with Gasteiger partial charge in [-0.25, -0.2) is 0 Å². The molecule has 2 N–H and O–H groups in total. The van der Waals surface area contributed by atoms with Crippen molar-refractivity contribution in [2.24, 2.45) is 0 Å². The van der Waals surface area contributed by atoms with Gasteiger partial charge in [0, 0.05) is 5.56 Å². The topological polar surface area (TPSA) is 52.0 Å². The van der Waals surface area contributed by atoms with Gasteiger partial charge < -0.3 is 10.3 Å². The number of hydrogen-bond acceptors (Lipinski definition) is 3. The van der Waals surface area contributed by atoms with E-state index in [1.807, 2.05) is 0 Å². The summed E-state index contributed by atoms with van der Waals surface area (Å²) >= 11 is 0. The normalized spacial score (nSPS) is 11.8. The molecule has 17 heavy (non-hydrogen) atoms. The Morgan fingerprint density at radius 3 is 2.53 bits per heavy atom. The third-order valence-corrected chi connectivity index (χ3v) is 2.40. The largest absolute Gasteiger partial charge is 0.416 e. The van der Waals surface area contributed by atoms with E-state index in [0.717, 1.165) is 6.07 Å². The fraction of sp³-hybridized carbons (Fsp3) is 0.182. The molecule has 1 aromatic heterocycles. The van der Waals surface area contributed by atoms with Crippen LogP contribution in [0.5, 0.6) is 0 Å². The van der Waals surface area contributed by atoms with Crippen molar-refractivity contribution in [3.8, 4) is 11.3 Å². The molecule has 3 nitrogen and oxygen atoms in total. The molecule has 0 bridgehead atoms. The number of aryl methyl sites for hydroxylation is 1. The zero-order valence-corrected chi connectivity index (χ0v) is 8.88. The third-order valence-electron chi connectivity index (χ3n) is 2.40. The van der Waals surface area contributed by atoms with Gasteiger partial charge in [-0.1, -0.05) is 17.3 Å². The molecule has 0 radical (unpaired) electrons. The first-order chi connectivity index (χ1) is 7.89. The molecule has 2 rings (SSSR count). The van der Waals surface area contributed by atoms with Gasteiger partial charge >= 0.3 is 6.18 Å². The lowest BCUT2D eigenvalue weighted by atomic mass is 10.0. The quantitative estimate of drug-likeness (QED) is 0.835. The summed E-state index contributed by atoms with van der Waals surface area (Å²) in [6, 6.07) is 3.90. The molecule has 0 aliphatic rings. The second kappa shape index (κ2) is 3.80. The number of halogens is 3. The Labute approximate surface area is 95.0 Å². The Kier molecular flexibility index (Phi) is 2.57. The summed E-state index contributed by atoms with van der Waals surface area (Å²) in [7, 11) is 0. The van der Waals surface area contributed by atoms with E-state index in [-0.39, 0.29) is 22.6 Å². The molecule has 0 amide bonds. The maximum Gasteiger partial charge on any atom is 0.416 e. The molecule has 2 aromatic rings.